The molecule has 9 heteroatoms. The Hall–Kier alpha value is -3.75. The van der Waals surface area contributed by atoms with Gasteiger partial charge in [-0.2, -0.15) is 0 Å². The monoisotopic (exact) mass is 518 g/mol. The molecule has 36 heavy (non-hydrogen) atoms. The fourth-order valence-electron chi connectivity index (χ4n) is 3.80. The number of fused-ring (bicyclic) bond motifs is 1. The van der Waals surface area contributed by atoms with Crippen molar-refractivity contribution in [2.24, 2.45) is 15.7 Å². The Morgan fingerprint density at radius 1 is 1.11 bits per heavy atom. The molecule has 0 spiro atoms. The van der Waals surface area contributed by atoms with Crippen molar-refractivity contribution in [3.63, 3.8) is 0 Å². The van der Waals surface area contributed by atoms with E-state index in [0.717, 1.165) is 27.9 Å². The summed E-state index contributed by atoms with van der Waals surface area (Å²) in [5.41, 5.74) is 10.8. The minimum atomic E-state index is -0.906. The number of benzodiazepines with no additional fused rings is 1. The molecule has 7 nitrogen and oxygen atoms in total. The van der Waals surface area contributed by atoms with E-state index in [1.54, 1.807) is 24.9 Å². The number of amidine groups is 1. The Bertz CT molecular complexity index is 1320. The van der Waals surface area contributed by atoms with Gasteiger partial charge in [-0.3, -0.25) is 9.79 Å². The molecule has 0 saturated carbocycles. The molecule has 0 bridgehead atoms. The van der Waals surface area contributed by atoms with Gasteiger partial charge in [-0.15, -0.1) is 0 Å². The molecule has 0 fully saturated rings. The molecule has 4 rings (SSSR count). The van der Waals surface area contributed by atoms with Crippen LogP contribution in [0.4, 0.5) is 5.69 Å². The van der Waals surface area contributed by atoms with Gasteiger partial charge in [0.05, 0.1) is 23.8 Å². The SMILES string of the molecule is CC(N)=NCc1ccc(CNC(=S)NC2N=C(c3ccccc3)c3cc(Cl)ccc3N(C)C2=O)cc1. The Balaban J connectivity index is 1.52. The van der Waals surface area contributed by atoms with Crippen LogP contribution in [0.2, 0.25) is 5.02 Å². The first-order valence-corrected chi connectivity index (χ1v) is 12.2. The van der Waals surface area contributed by atoms with Crippen molar-refractivity contribution in [2.75, 3.05) is 11.9 Å². The van der Waals surface area contributed by atoms with E-state index in [4.69, 9.17) is 34.5 Å². The van der Waals surface area contributed by atoms with Crippen molar-refractivity contribution in [1.82, 2.24) is 10.6 Å². The van der Waals surface area contributed by atoms with Crippen LogP contribution >= 0.6 is 23.8 Å². The number of thiocarbonyl (C=S) groups is 1. The van der Waals surface area contributed by atoms with Crippen molar-refractivity contribution < 1.29 is 4.79 Å². The predicted molar refractivity (Wildman–Crippen MR) is 151 cm³/mol. The van der Waals surface area contributed by atoms with Crippen molar-refractivity contribution >= 4 is 52.1 Å². The van der Waals surface area contributed by atoms with E-state index in [-0.39, 0.29) is 5.91 Å². The van der Waals surface area contributed by atoms with E-state index in [2.05, 4.69) is 15.6 Å². The van der Waals surface area contributed by atoms with Crippen molar-refractivity contribution in [2.45, 2.75) is 26.2 Å². The molecule has 1 aliphatic rings. The normalized spacial score (nSPS) is 15.6. The summed E-state index contributed by atoms with van der Waals surface area (Å²) in [6, 6.07) is 23.1. The van der Waals surface area contributed by atoms with Gasteiger partial charge in [0.25, 0.3) is 5.91 Å². The molecule has 0 radical (unpaired) electrons. The molecule has 184 valence electrons. The van der Waals surface area contributed by atoms with Crippen LogP contribution < -0.4 is 21.3 Å². The second kappa shape index (κ2) is 11.3. The van der Waals surface area contributed by atoms with Gasteiger partial charge in [0.15, 0.2) is 5.11 Å². The van der Waals surface area contributed by atoms with Crippen LogP contribution in [-0.2, 0) is 17.9 Å². The van der Waals surface area contributed by atoms with E-state index in [1.165, 1.54) is 0 Å². The summed E-state index contributed by atoms with van der Waals surface area (Å²) in [5, 5.41) is 7.14. The van der Waals surface area contributed by atoms with Gasteiger partial charge in [-0.25, -0.2) is 4.99 Å². The first kappa shape index (κ1) is 25.3. The van der Waals surface area contributed by atoms with Gasteiger partial charge >= 0.3 is 0 Å². The fraction of sp³-hybridized carbons (Fsp3) is 0.185. The van der Waals surface area contributed by atoms with Crippen LogP contribution in [0.1, 0.15) is 29.2 Å². The average molecular weight is 519 g/mol. The van der Waals surface area contributed by atoms with E-state index in [0.29, 0.717) is 34.8 Å². The number of hydrogen-bond donors (Lipinski definition) is 3. The second-order valence-electron chi connectivity index (χ2n) is 8.41. The lowest BCUT2D eigenvalue weighted by atomic mass is 10.0. The number of benzene rings is 3. The van der Waals surface area contributed by atoms with Crippen molar-refractivity contribution in [1.29, 1.82) is 0 Å². The Kier molecular flexibility index (Phi) is 7.97. The quantitative estimate of drug-likeness (QED) is 0.260. The van der Waals surface area contributed by atoms with Crippen LogP contribution in [0.25, 0.3) is 0 Å². The highest BCUT2D eigenvalue weighted by Crippen LogP contribution is 2.29. The predicted octanol–water partition coefficient (Wildman–Crippen LogP) is 4.02. The Labute approximate surface area is 221 Å². The zero-order valence-electron chi connectivity index (χ0n) is 20.0. The molecule has 0 aromatic heterocycles. The van der Waals surface area contributed by atoms with Gasteiger partial charge in [0, 0.05) is 29.7 Å². The average Bonchev–Trinajstić information content (AvgIpc) is 2.97. The maximum atomic E-state index is 13.3. The van der Waals surface area contributed by atoms with E-state index in [9.17, 15) is 4.79 Å². The van der Waals surface area contributed by atoms with Crippen molar-refractivity contribution in [3.8, 4) is 0 Å². The molecule has 4 N–H and O–H groups in total. The molecule has 3 aromatic rings. The third-order valence-corrected chi connectivity index (χ3v) is 6.20. The lowest BCUT2D eigenvalue weighted by Gasteiger charge is -2.22. The lowest BCUT2D eigenvalue weighted by Crippen LogP contribution is -2.49. The third-order valence-electron chi connectivity index (χ3n) is 5.70. The fourth-order valence-corrected chi connectivity index (χ4v) is 4.16. The highest BCUT2D eigenvalue weighted by atomic mass is 35.5. The maximum Gasteiger partial charge on any atom is 0.272 e. The number of carbonyl (C=O) groups excluding carboxylic acids is 1. The molecular weight excluding hydrogens is 492 g/mol. The highest BCUT2D eigenvalue weighted by molar-refractivity contribution is 7.80. The van der Waals surface area contributed by atoms with Crippen LogP contribution in [0.15, 0.2) is 82.8 Å². The Morgan fingerprint density at radius 2 is 1.81 bits per heavy atom. The summed E-state index contributed by atoms with van der Waals surface area (Å²) in [5.74, 6) is 0.328. The number of nitrogens with one attached hydrogen (secondary N) is 2. The lowest BCUT2D eigenvalue weighted by molar-refractivity contribution is -0.119. The first-order valence-electron chi connectivity index (χ1n) is 11.4. The number of amides is 1. The summed E-state index contributed by atoms with van der Waals surface area (Å²) >= 11 is 11.8. The smallest absolute Gasteiger partial charge is 0.272 e. The molecule has 3 aromatic carbocycles. The van der Waals surface area contributed by atoms with Gasteiger partial charge in [-0.05, 0) is 48.5 Å². The largest absolute Gasteiger partial charge is 0.388 e. The molecule has 1 heterocycles. The molecular formula is C27H27ClN6OS. The van der Waals surface area contributed by atoms with Gasteiger partial charge in [-0.1, -0.05) is 66.2 Å². The number of likely N-dealkylation sites (N-methyl/N-ethyl adjacent to an activating group) is 1. The van der Waals surface area contributed by atoms with E-state index in [1.807, 2.05) is 66.7 Å². The topological polar surface area (TPSA) is 95.1 Å². The summed E-state index contributed by atoms with van der Waals surface area (Å²) in [6.07, 6.45) is -0.906. The van der Waals surface area contributed by atoms with Crippen LogP contribution in [-0.4, -0.2) is 35.8 Å². The molecule has 0 saturated heterocycles. The first-order chi connectivity index (χ1) is 17.3. The van der Waals surface area contributed by atoms with Crippen LogP contribution in [0.5, 0.6) is 0 Å². The van der Waals surface area contributed by atoms with Crippen LogP contribution in [0, 0.1) is 0 Å². The van der Waals surface area contributed by atoms with Crippen molar-refractivity contribution in [3.05, 3.63) is 100 Å². The molecule has 0 aliphatic carbocycles. The van der Waals surface area contributed by atoms with Gasteiger partial charge in [0.2, 0.25) is 6.17 Å². The zero-order valence-corrected chi connectivity index (χ0v) is 21.6. The number of aliphatic imine (C=N–C) groups is 2. The summed E-state index contributed by atoms with van der Waals surface area (Å²) in [7, 11) is 1.72. The zero-order chi connectivity index (χ0) is 25.7. The number of carbonyl (C=O) groups is 1. The van der Waals surface area contributed by atoms with Gasteiger partial charge in [0.1, 0.15) is 0 Å². The number of anilines is 1. The van der Waals surface area contributed by atoms with Gasteiger partial charge < -0.3 is 21.3 Å². The third kappa shape index (κ3) is 6.08. The maximum absolute atomic E-state index is 13.3. The summed E-state index contributed by atoms with van der Waals surface area (Å²) < 4.78 is 0. The molecule has 1 aliphatic heterocycles. The summed E-state index contributed by atoms with van der Waals surface area (Å²) in [6.45, 7) is 2.81. The number of nitrogens with two attached hydrogens (primary N) is 1. The number of halogens is 1. The summed E-state index contributed by atoms with van der Waals surface area (Å²) in [4.78, 5) is 24.0. The minimum Gasteiger partial charge on any atom is -0.388 e. The standard InChI is InChI=1S/C27H27ClN6OS/c1-17(29)30-15-18-8-10-19(11-9-18)16-31-27(36)33-25-26(35)34(2)23-13-12-21(28)14-22(23)24(32-25)20-6-4-3-5-7-20/h3-14,25H,15-16H2,1-2H3,(H2,29,30)(H2,31,33,36). The minimum absolute atomic E-state index is 0.228. The van der Waals surface area contributed by atoms with E-state index >= 15 is 0 Å². The molecule has 1 amide bonds. The second-order valence-corrected chi connectivity index (χ2v) is 9.25. The van der Waals surface area contributed by atoms with E-state index < -0.39 is 6.17 Å². The number of nitrogens with zero attached hydrogens (tertiary/aromatic N) is 3. The molecule has 1 unspecified atom stereocenters. The number of hydrogen-bond acceptors (Lipinski definition) is 4. The van der Waals surface area contributed by atoms with Crippen LogP contribution in [0.3, 0.4) is 0 Å². The Morgan fingerprint density at radius 3 is 2.50 bits per heavy atom. The highest BCUT2D eigenvalue weighted by Gasteiger charge is 2.30. The molecule has 1 atom stereocenters. The number of rotatable bonds is 6.